The Bertz CT molecular complexity index is 547. The molecule has 0 unspecified atom stereocenters. The minimum absolute atomic E-state index is 0.607. The molecule has 0 bridgehead atoms. The van der Waals surface area contributed by atoms with Crippen LogP contribution in [-0.4, -0.2) is 16.5 Å². The summed E-state index contributed by atoms with van der Waals surface area (Å²) in [6, 6.07) is 7.42. The van der Waals surface area contributed by atoms with E-state index < -0.39 is 0 Å². The van der Waals surface area contributed by atoms with E-state index in [0.717, 1.165) is 22.5 Å². The first kappa shape index (κ1) is 13.1. The quantitative estimate of drug-likeness (QED) is 0.889. The van der Waals surface area contributed by atoms with Gasteiger partial charge in [0.15, 0.2) is 0 Å². The SMILES string of the molecule is CCNc1nccc(Nc2ccc(Cl)c(Br)c2)n1. The van der Waals surface area contributed by atoms with Crippen molar-refractivity contribution in [2.24, 2.45) is 0 Å². The van der Waals surface area contributed by atoms with E-state index in [9.17, 15) is 0 Å². The number of anilines is 3. The van der Waals surface area contributed by atoms with E-state index in [1.165, 1.54) is 0 Å². The van der Waals surface area contributed by atoms with Crippen molar-refractivity contribution in [1.29, 1.82) is 0 Å². The molecule has 0 aliphatic rings. The van der Waals surface area contributed by atoms with Crippen molar-refractivity contribution in [1.82, 2.24) is 9.97 Å². The van der Waals surface area contributed by atoms with Crippen LogP contribution >= 0.6 is 27.5 Å². The van der Waals surface area contributed by atoms with Crippen molar-refractivity contribution < 1.29 is 0 Å². The van der Waals surface area contributed by atoms with Crippen LogP contribution in [0.5, 0.6) is 0 Å². The van der Waals surface area contributed by atoms with Gasteiger partial charge in [0.25, 0.3) is 0 Å². The number of hydrogen-bond donors (Lipinski definition) is 2. The van der Waals surface area contributed by atoms with E-state index in [4.69, 9.17) is 11.6 Å². The van der Waals surface area contributed by atoms with Gasteiger partial charge in [-0.15, -0.1) is 0 Å². The van der Waals surface area contributed by atoms with Crippen molar-refractivity contribution in [3.63, 3.8) is 0 Å². The summed E-state index contributed by atoms with van der Waals surface area (Å²) in [6.07, 6.45) is 1.71. The highest BCUT2D eigenvalue weighted by molar-refractivity contribution is 9.10. The molecule has 0 fully saturated rings. The lowest BCUT2D eigenvalue weighted by atomic mass is 10.3. The fourth-order valence-corrected chi connectivity index (χ4v) is 1.89. The molecule has 0 radical (unpaired) electrons. The minimum atomic E-state index is 0.607. The second-order valence-corrected chi connectivity index (χ2v) is 4.81. The molecule has 94 valence electrons. The third-order valence-corrected chi connectivity index (χ3v) is 3.40. The van der Waals surface area contributed by atoms with Crippen LogP contribution in [0.2, 0.25) is 5.02 Å². The van der Waals surface area contributed by atoms with Crippen LogP contribution in [0.25, 0.3) is 0 Å². The second kappa shape index (κ2) is 6.02. The van der Waals surface area contributed by atoms with Gasteiger partial charge in [-0.25, -0.2) is 4.98 Å². The van der Waals surface area contributed by atoms with Crippen molar-refractivity contribution >= 4 is 45.0 Å². The molecule has 18 heavy (non-hydrogen) atoms. The lowest BCUT2D eigenvalue weighted by molar-refractivity contribution is 1.09. The molecule has 0 aliphatic carbocycles. The third kappa shape index (κ3) is 3.34. The van der Waals surface area contributed by atoms with Crippen LogP contribution in [0.15, 0.2) is 34.9 Å². The average molecular weight is 328 g/mol. The fraction of sp³-hybridized carbons (Fsp3) is 0.167. The maximum absolute atomic E-state index is 5.94. The van der Waals surface area contributed by atoms with Crippen LogP contribution in [0.4, 0.5) is 17.5 Å². The van der Waals surface area contributed by atoms with Crippen LogP contribution in [0.1, 0.15) is 6.92 Å². The highest BCUT2D eigenvalue weighted by Gasteiger charge is 2.01. The number of nitrogens with one attached hydrogen (secondary N) is 2. The maximum atomic E-state index is 5.94. The summed E-state index contributed by atoms with van der Waals surface area (Å²) >= 11 is 9.32. The van der Waals surface area contributed by atoms with Crippen molar-refractivity contribution in [2.45, 2.75) is 6.92 Å². The zero-order chi connectivity index (χ0) is 13.0. The van der Waals surface area contributed by atoms with Gasteiger partial charge in [0.05, 0.1) is 5.02 Å². The molecule has 6 heteroatoms. The van der Waals surface area contributed by atoms with Gasteiger partial charge in [-0.1, -0.05) is 11.6 Å². The Morgan fingerprint density at radius 2 is 2.17 bits per heavy atom. The Kier molecular flexibility index (Phi) is 4.38. The Morgan fingerprint density at radius 3 is 2.89 bits per heavy atom. The third-order valence-electron chi connectivity index (χ3n) is 2.18. The standard InChI is InChI=1S/C12H12BrClN4/c1-2-15-12-16-6-5-11(18-12)17-8-3-4-10(14)9(13)7-8/h3-7H,2H2,1H3,(H2,15,16,17,18). The van der Waals surface area contributed by atoms with Gasteiger partial charge in [-0.05, 0) is 47.1 Å². The van der Waals surface area contributed by atoms with E-state index in [1.54, 1.807) is 6.20 Å². The molecule has 0 saturated carbocycles. The van der Waals surface area contributed by atoms with E-state index in [-0.39, 0.29) is 0 Å². The number of rotatable bonds is 4. The summed E-state index contributed by atoms with van der Waals surface area (Å²) in [5.41, 5.74) is 0.910. The van der Waals surface area contributed by atoms with Gasteiger partial charge >= 0.3 is 0 Å². The molecule has 1 aromatic carbocycles. The Labute approximate surface area is 119 Å². The lowest BCUT2D eigenvalue weighted by Crippen LogP contribution is -2.03. The molecule has 0 amide bonds. The number of nitrogens with zero attached hydrogens (tertiary/aromatic N) is 2. The molecular weight excluding hydrogens is 316 g/mol. The van der Waals surface area contributed by atoms with Gasteiger partial charge in [0.2, 0.25) is 5.95 Å². The van der Waals surface area contributed by atoms with Gasteiger partial charge in [0.1, 0.15) is 5.82 Å². The highest BCUT2D eigenvalue weighted by Crippen LogP contribution is 2.26. The molecule has 1 heterocycles. The topological polar surface area (TPSA) is 49.8 Å². The first-order chi connectivity index (χ1) is 8.69. The van der Waals surface area contributed by atoms with Crippen molar-refractivity contribution in [3.8, 4) is 0 Å². The summed E-state index contributed by atoms with van der Waals surface area (Å²) in [6.45, 7) is 2.79. The summed E-state index contributed by atoms with van der Waals surface area (Å²) in [4.78, 5) is 8.44. The van der Waals surface area contributed by atoms with Gasteiger partial charge < -0.3 is 10.6 Å². The molecule has 4 nitrogen and oxygen atoms in total. The van der Waals surface area contributed by atoms with Gasteiger partial charge in [0, 0.05) is 22.9 Å². The zero-order valence-electron chi connectivity index (χ0n) is 9.74. The van der Waals surface area contributed by atoms with Crippen LogP contribution in [0.3, 0.4) is 0 Å². The summed E-state index contributed by atoms with van der Waals surface area (Å²) in [5.74, 6) is 1.34. The van der Waals surface area contributed by atoms with E-state index in [2.05, 4.69) is 36.5 Å². The van der Waals surface area contributed by atoms with E-state index in [0.29, 0.717) is 11.0 Å². The fourth-order valence-electron chi connectivity index (χ4n) is 1.39. The van der Waals surface area contributed by atoms with E-state index >= 15 is 0 Å². The minimum Gasteiger partial charge on any atom is -0.354 e. The Hall–Kier alpha value is -1.33. The molecule has 1 aromatic heterocycles. The maximum Gasteiger partial charge on any atom is 0.224 e. The van der Waals surface area contributed by atoms with Crippen molar-refractivity contribution in [3.05, 3.63) is 40.0 Å². The Morgan fingerprint density at radius 1 is 1.33 bits per heavy atom. The molecule has 2 aromatic rings. The van der Waals surface area contributed by atoms with Crippen molar-refractivity contribution in [2.75, 3.05) is 17.2 Å². The Balaban J connectivity index is 2.17. The van der Waals surface area contributed by atoms with Gasteiger partial charge in [-0.2, -0.15) is 4.98 Å². The molecule has 0 atom stereocenters. The monoisotopic (exact) mass is 326 g/mol. The summed E-state index contributed by atoms with van der Waals surface area (Å²) in [5, 5.41) is 6.93. The number of hydrogen-bond acceptors (Lipinski definition) is 4. The molecule has 0 aliphatic heterocycles. The van der Waals surface area contributed by atoms with Crippen LogP contribution in [-0.2, 0) is 0 Å². The highest BCUT2D eigenvalue weighted by atomic mass is 79.9. The summed E-state index contributed by atoms with van der Waals surface area (Å²) in [7, 11) is 0. The largest absolute Gasteiger partial charge is 0.354 e. The molecule has 0 spiro atoms. The number of halogens is 2. The molecular formula is C12H12BrClN4. The van der Waals surface area contributed by atoms with E-state index in [1.807, 2.05) is 31.2 Å². The molecule has 2 N–H and O–H groups in total. The zero-order valence-corrected chi connectivity index (χ0v) is 12.1. The van der Waals surface area contributed by atoms with Crippen LogP contribution in [0, 0.1) is 0 Å². The van der Waals surface area contributed by atoms with Crippen LogP contribution < -0.4 is 10.6 Å². The first-order valence-corrected chi connectivity index (χ1v) is 6.65. The lowest BCUT2D eigenvalue weighted by Gasteiger charge is -2.08. The number of aromatic nitrogens is 2. The predicted molar refractivity (Wildman–Crippen MR) is 78.6 cm³/mol. The predicted octanol–water partition coefficient (Wildman–Crippen LogP) is 4.07. The molecule has 0 saturated heterocycles. The first-order valence-electron chi connectivity index (χ1n) is 5.48. The second-order valence-electron chi connectivity index (χ2n) is 3.55. The number of benzene rings is 1. The normalized spacial score (nSPS) is 10.2. The van der Waals surface area contributed by atoms with Gasteiger partial charge in [-0.3, -0.25) is 0 Å². The smallest absolute Gasteiger partial charge is 0.224 e. The molecule has 2 rings (SSSR count). The average Bonchev–Trinajstić information content (AvgIpc) is 2.35. The summed E-state index contributed by atoms with van der Waals surface area (Å²) < 4.78 is 0.843.